The predicted octanol–water partition coefficient (Wildman–Crippen LogP) is 6.76. The number of anilines is 2. The van der Waals surface area contributed by atoms with E-state index in [1.807, 2.05) is 87.7 Å². The van der Waals surface area contributed by atoms with Crippen molar-refractivity contribution < 1.29 is 52.4 Å². The van der Waals surface area contributed by atoms with Crippen molar-refractivity contribution in [3.05, 3.63) is 59.7 Å². The quantitative estimate of drug-likeness (QED) is 0.144. The molecule has 8 atom stereocenters. The lowest BCUT2D eigenvalue weighted by Gasteiger charge is -2.36. The molecule has 0 N–H and O–H groups in total. The van der Waals surface area contributed by atoms with Crippen LogP contribution in [0, 0.1) is 23.7 Å². The van der Waals surface area contributed by atoms with E-state index in [2.05, 4.69) is 61.8 Å². The number of carbonyl (C=O) groups is 5. The van der Waals surface area contributed by atoms with Gasteiger partial charge in [-0.2, -0.15) is 0 Å². The van der Waals surface area contributed by atoms with Crippen molar-refractivity contribution in [1.29, 1.82) is 0 Å². The van der Waals surface area contributed by atoms with E-state index < -0.39 is 78.4 Å². The first-order chi connectivity index (χ1) is 36.5. The second kappa shape index (κ2) is 30.5. The van der Waals surface area contributed by atoms with Gasteiger partial charge in [0, 0.05) is 77.1 Å². The Bertz CT molecular complexity index is 2150. The molecule has 0 spiro atoms. The lowest BCUT2D eigenvalue weighted by molar-refractivity contribution is -0.170. The average Bonchev–Trinajstić information content (AvgIpc) is 3.37. The monoisotopic (exact) mass is 1080 g/mol. The number of nitrogens with zero attached hydrogens (tertiary/aromatic N) is 6. The van der Waals surface area contributed by atoms with Crippen LogP contribution in [0.4, 0.5) is 11.4 Å². The summed E-state index contributed by atoms with van der Waals surface area (Å²) in [7, 11) is 7.09. The molecule has 432 valence electrons. The fourth-order valence-electron chi connectivity index (χ4n) is 10.7. The number of hydrogen-bond acceptors (Lipinski definition) is 16. The molecule has 5 rings (SSSR count). The Morgan fingerprint density at radius 2 is 0.779 bits per heavy atom. The first kappa shape index (κ1) is 63.0. The largest absolute Gasteiger partial charge is 0.460 e. The maximum absolute atomic E-state index is 15.0. The molecule has 0 bridgehead atoms. The van der Waals surface area contributed by atoms with E-state index in [4.69, 9.17) is 28.4 Å². The Balaban J connectivity index is 1.52. The number of amides is 1. The van der Waals surface area contributed by atoms with E-state index in [1.54, 1.807) is 21.0 Å². The minimum absolute atomic E-state index is 0.0120. The summed E-state index contributed by atoms with van der Waals surface area (Å²) in [4.78, 5) is 85.0. The Morgan fingerprint density at radius 1 is 0.442 bits per heavy atom. The SMILES string of the molecule is CC(C)CC1C(=O)OC(C)CN(C)C(CC(C)C)C(=O)OC(Cc2ccc(N3CCOCC3)cc2)C(=O)N(C)C(CC(C)C)C(=O)OC(C)CN(C)C(CC(C)C)C(=O)OC(Cc2ccc(N3CCOCC3)cc2)CN1C. The van der Waals surface area contributed by atoms with Crippen LogP contribution in [0.25, 0.3) is 0 Å². The van der Waals surface area contributed by atoms with E-state index >= 15 is 4.79 Å². The number of benzene rings is 2. The average molecular weight is 1080 g/mol. The first-order valence-electron chi connectivity index (χ1n) is 28.5. The van der Waals surface area contributed by atoms with Crippen LogP contribution in [0.1, 0.15) is 106 Å². The number of likely N-dealkylation sites (N-methyl/N-ethyl adjacent to an activating group) is 4. The van der Waals surface area contributed by atoms with Crippen LogP contribution < -0.4 is 9.80 Å². The number of hydrogen-bond donors (Lipinski definition) is 0. The summed E-state index contributed by atoms with van der Waals surface area (Å²) in [6, 6.07) is 13.1. The molecule has 2 aromatic carbocycles. The van der Waals surface area contributed by atoms with Gasteiger partial charge in [-0.15, -0.1) is 0 Å². The van der Waals surface area contributed by atoms with Gasteiger partial charge in [0.25, 0.3) is 5.91 Å². The zero-order valence-corrected chi connectivity index (χ0v) is 49.2. The van der Waals surface area contributed by atoms with Gasteiger partial charge < -0.3 is 43.1 Å². The van der Waals surface area contributed by atoms with Crippen molar-refractivity contribution in [1.82, 2.24) is 19.6 Å². The summed E-state index contributed by atoms with van der Waals surface area (Å²) in [5, 5.41) is 0. The number of cyclic esters (lactones) is 4. The number of carbonyl (C=O) groups excluding carboxylic acids is 5. The third kappa shape index (κ3) is 19.8. The standard InChI is InChI=1S/C60H96N6O11/c1-40(2)31-51-57(68)74-44(9)37-62(12)53(33-42(5)6)59(70)77-55(36-47-17-21-49(22-18-47)66-25-29-73-30-26-66)56(67)64(14)54(34-43(7)8)60(71)75-45(10)38-61(11)52(32-41(3)4)58(69)76-50(39-63(51)13)35-46-15-19-48(20-16-46)65-23-27-72-28-24-65/h15-22,40-45,50-55H,23-39H2,1-14H3. The highest BCUT2D eigenvalue weighted by molar-refractivity contribution is 5.89. The topological polar surface area (TPSA) is 160 Å². The molecule has 17 heteroatoms. The van der Waals surface area contributed by atoms with Crippen LogP contribution in [0.2, 0.25) is 0 Å². The molecular formula is C60H96N6O11. The molecule has 3 aliphatic rings. The van der Waals surface area contributed by atoms with E-state index in [0.29, 0.717) is 58.5 Å². The summed E-state index contributed by atoms with van der Waals surface area (Å²) in [6.07, 6.45) is -1.15. The molecule has 0 radical (unpaired) electrons. The third-order valence-corrected chi connectivity index (χ3v) is 14.8. The smallest absolute Gasteiger partial charge is 0.329 e. The number of ether oxygens (including phenoxy) is 6. The molecule has 0 aromatic heterocycles. The molecular weight excluding hydrogens is 981 g/mol. The Labute approximate surface area is 461 Å². The highest BCUT2D eigenvalue weighted by Crippen LogP contribution is 2.25. The highest BCUT2D eigenvalue weighted by atomic mass is 16.6. The summed E-state index contributed by atoms with van der Waals surface area (Å²) in [5.74, 6) is -2.25. The zero-order chi connectivity index (χ0) is 56.5. The molecule has 0 saturated carbocycles. The van der Waals surface area contributed by atoms with Crippen molar-refractivity contribution in [2.24, 2.45) is 23.7 Å². The summed E-state index contributed by atoms with van der Waals surface area (Å²) >= 11 is 0. The minimum Gasteiger partial charge on any atom is -0.460 e. The van der Waals surface area contributed by atoms with E-state index in [9.17, 15) is 19.2 Å². The first-order valence-corrected chi connectivity index (χ1v) is 28.5. The van der Waals surface area contributed by atoms with Gasteiger partial charge in [-0.05, 0) is 120 Å². The lowest BCUT2D eigenvalue weighted by atomic mass is 10.00. The van der Waals surface area contributed by atoms with Crippen LogP contribution >= 0.6 is 0 Å². The molecule has 17 nitrogen and oxygen atoms in total. The Morgan fingerprint density at radius 3 is 1.18 bits per heavy atom. The second-order valence-corrected chi connectivity index (χ2v) is 23.8. The zero-order valence-electron chi connectivity index (χ0n) is 49.2. The van der Waals surface area contributed by atoms with Crippen molar-refractivity contribution in [3.8, 4) is 0 Å². The van der Waals surface area contributed by atoms with Gasteiger partial charge in [0.1, 0.15) is 42.5 Å². The summed E-state index contributed by atoms with van der Waals surface area (Å²) < 4.78 is 36.6. The fourth-order valence-corrected chi connectivity index (χ4v) is 10.7. The molecule has 1 amide bonds. The van der Waals surface area contributed by atoms with Gasteiger partial charge >= 0.3 is 23.9 Å². The van der Waals surface area contributed by atoms with Crippen molar-refractivity contribution in [2.45, 2.75) is 156 Å². The van der Waals surface area contributed by atoms with Gasteiger partial charge in [0.05, 0.1) is 26.4 Å². The van der Waals surface area contributed by atoms with Crippen LogP contribution in [0.5, 0.6) is 0 Å². The highest BCUT2D eigenvalue weighted by Gasteiger charge is 2.39. The minimum atomic E-state index is -1.29. The lowest BCUT2D eigenvalue weighted by Crippen LogP contribution is -2.52. The number of esters is 4. The van der Waals surface area contributed by atoms with Gasteiger partial charge in [0.2, 0.25) is 0 Å². The van der Waals surface area contributed by atoms with Gasteiger partial charge in [0.15, 0.2) is 6.10 Å². The van der Waals surface area contributed by atoms with Crippen molar-refractivity contribution >= 4 is 41.2 Å². The van der Waals surface area contributed by atoms with Crippen molar-refractivity contribution in [3.63, 3.8) is 0 Å². The maximum Gasteiger partial charge on any atom is 0.329 e. The van der Waals surface area contributed by atoms with E-state index in [0.717, 1.165) is 48.7 Å². The molecule has 8 unspecified atom stereocenters. The summed E-state index contributed by atoms with van der Waals surface area (Å²) in [5.41, 5.74) is 3.89. The molecule has 3 saturated heterocycles. The molecule has 0 aliphatic carbocycles. The Kier molecular flexibility index (Phi) is 25.0. The predicted molar refractivity (Wildman–Crippen MR) is 301 cm³/mol. The van der Waals surface area contributed by atoms with Crippen LogP contribution in [0.15, 0.2) is 48.5 Å². The van der Waals surface area contributed by atoms with Gasteiger partial charge in [-0.3, -0.25) is 33.9 Å². The molecule has 77 heavy (non-hydrogen) atoms. The normalized spacial score (nSPS) is 26.7. The molecule has 3 fully saturated rings. The van der Waals surface area contributed by atoms with E-state index in [-0.39, 0.29) is 49.7 Å². The Hall–Kier alpha value is -4.81. The summed E-state index contributed by atoms with van der Waals surface area (Å²) in [6.45, 7) is 26.2. The van der Waals surface area contributed by atoms with Crippen LogP contribution in [0.3, 0.4) is 0 Å². The van der Waals surface area contributed by atoms with Crippen molar-refractivity contribution in [2.75, 3.05) is 110 Å². The van der Waals surface area contributed by atoms with Gasteiger partial charge in [-0.25, -0.2) is 4.79 Å². The molecule has 2 aromatic rings. The fraction of sp³-hybridized carbons (Fsp3) is 0.717. The van der Waals surface area contributed by atoms with Crippen LogP contribution in [-0.4, -0.2) is 198 Å². The second-order valence-electron chi connectivity index (χ2n) is 23.8. The molecule has 3 aliphatic heterocycles. The number of rotatable bonds is 14. The van der Waals surface area contributed by atoms with Crippen LogP contribution in [-0.2, 0) is 65.2 Å². The van der Waals surface area contributed by atoms with Gasteiger partial charge in [-0.1, -0.05) is 79.7 Å². The maximum atomic E-state index is 15.0. The number of morpholine rings is 2. The third-order valence-electron chi connectivity index (χ3n) is 14.8. The molecule has 3 heterocycles. The van der Waals surface area contributed by atoms with E-state index in [1.165, 1.54) is 4.90 Å².